The molecule has 47 heavy (non-hydrogen) atoms. The Balaban J connectivity index is 0. The molecule has 0 heterocycles. The quantitative estimate of drug-likeness (QED) is 0.0862. The summed E-state index contributed by atoms with van der Waals surface area (Å²) in [5.41, 5.74) is 0. The minimum Gasteiger partial charge on any atom is -0.748 e. The molecule has 0 bridgehead atoms. The van der Waals surface area contributed by atoms with Crippen LogP contribution in [0.25, 0.3) is 0 Å². The monoisotopic (exact) mass is 789 g/mol. The van der Waals surface area contributed by atoms with Gasteiger partial charge in [-0.3, -0.25) is 0 Å². The third-order valence-corrected chi connectivity index (χ3v) is 8.75. The Morgan fingerprint density at radius 2 is 1.04 bits per heavy atom. The van der Waals surface area contributed by atoms with Crippen LogP contribution in [0.15, 0.2) is 0 Å². The number of likely N-dealkylation sites (N-methyl/N-ethyl adjacent to an activating group) is 1. The second kappa shape index (κ2) is 14.6. The van der Waals surface area contributed by atoms with Gasteiger partial charge >= 0.3 is 76.5 Å². The van der Waals surface area contributed by atoms with E-state index in [0.29, 0.717) is 0 Å². The van der Waals surface area contributed by atoms with E-state index in [2.05, 4.69) is 0 Å². The SMILES string of the molecule is C[N+](C)(CCO)CCCN(CC(O)CS(=O)(=O)[O-])S(=O)(=O)C(F)(F)C(F)(F)C(F)(F)C(F)(F)C(F)(F)C(F)(F)C(F)(F)C(F)(F)F.[Na+]. The third-order valence-electron chi connectivity index (χ3n) is 6.04. The zero-order chi connectivity index (χ0) is 37.6. The van der Waals surface area contributed by atoms with Crippen molar-refractivity contribution >= 4 is 20.1 Å². The van der Waals surface area contributed by atoms with Gasteiger partial charge < -0.3 is 19.2 Å². The van der Waals surface area contributed by atoms with Crippen molar-refractivity contribution in [2.45, 2.75) is 59.5 Å². The van der Waals surface area contributed by atoms with Crippen molar-refractivity contribution in [1.82, 2.24) is 4.31 Å². The van der Waals surface area contributed by atoms with Crippen LogP contribution in [0.4, 0.5) is 74.6 Å². The summed E-state index contributed by atoms with van der Waals surface area (Å²) in [4.78, 5) is 0. The van der Waals surface area contributed by atoms with Gasteiger partial charge in [-0.25, -0.2) is 16.8 Å². The summed E-state index contributed by atoms with van der Waals surface area (Å²) in [5, 5.41) is 10.6. The largest absolute Gasteiger partial charge is 1.00 e. The minimum atomic E-state index is -9.05. The first-order valence-electron chi connectivity index (χ1n) is 11.5. The van der Waals surface area contributed by atoms with Gasteiger partial charge in [0, 0.05) is 19.5 Å². The van der Waals surface area contributed by atoms with Crippen LogP contribution in [0.1, 0.15) is 6.42 Å². The second-order valence-electron chi connectivity index (χ2n) is 10.2. The van der Waals surface area contributed by atoms with E-state index in [1.54, 1.807) is 0 Å². The molecule has 0 rings (SSSR count). The van der Waals surface area contributed by atoms with Crippen molar-refractivity contribution in [3.63, 3.8) is 0 Å². The molecule has 0 aromatic rings. The molecule has 0 saturated carbocycles. The Labute approximate surface area is 276 Å². The third kappa shape index (κ3) is 9.06. The van der Waals surface area contributed by atoms with E-state index in [0.717, 1.165) is 0 Å². The maximum atomic E-state index is 14.7. The van der Waals surface area contributed by atoms with Gasteiger partial charge in [0.25, 0.3) is 10.0 Å². The molecule has 1 atom stereocenters. The van der Waals surface area contributed by atoms with Crippen LogP contribution in [-0.4, -0.2) is 146 Å². The van der Waals surface area contributed by atoms with Crippen LogP contribution in [0, 0.1) is 0 Å². The molecule has 0 fully saturated rings. The molecule has 29 heteroatoms. The van der Waals surface area contributed by atoms with Crippen molar-refractivity contribution in [2.24, 2.45) is 0 Å². The predicted molar refractivity (Wildman–Crippen MR) is 115 cm³/mol. The van der Waals surface area contributed by atoms with Gasteiger partial charge in [0.05, 0.1) is 49.2 Å². The number of quaternary nitrogens is 1. The number of sulfonamides is 1. The molecular weight excluding hydrogens is 766 g/mol. The molecule has 1 unspecified atom stereocenters. The van der Waals surface area contributed by atoms with E-state index >= 15 is 0 Å². The van der Waals surface area contributed by atoms with Crippen molar-refractivity contribution in [3.05, 3.63) is 0 Å². The molecule has 0 amide bonds. The first-order chi connectivity index (χ1) is 19.8. The summed E-state index contributed by atoms with van der Waals surface area (Å²) >= 11 is 0. The molecule has 0 radical (unpaired) electrons. The van der Waals surface area contributed by atoms with Gasteiger partial charge in [-0.1, -0.05) is 0 Å². The Kier molecular flexibility index (Phi) is 15.1. The molecular formula is C18H23F17N2NaO7S2+. The summed E-state index contributed by atoms with van der Waals surface area (Å²) in [6.07, 6.45) is -11.9. The van der Waals surface area contributed by atoms with Crippen LogP contribution in [-0.2, 0) is 20.1 Å². The number of rotatable bonds is 18. The van der Waals surface area contributed by atoms with E-state index in [1.807, 2.05) is 0 Å². The summed E-state index contributed by atoms with van der Waals surface area (Å²) in [6, 6.07) is 0. The number of aliphatic hydroxyl groups excluding tert-OH is 2. The second-order valence-corrected chi connectivity index (χ2v) is 13.6. The fourth-order valence-electron chi connectivity index (χ4n) is 3.36. The van der Waals surface area contributed by atoms with Crippen LogP contribution in [0.5, 0.6) is 0 Å². The van der Waals surface area contributed by atoms with Gasteiger partial charge in [-0.05, 0) is 0 Å². The van der Waals surface area contributed by atoms with Gasteiger partial charge in [0.1, 0.15) is 6.54 Å². The maximum absolute atomic E-state index is 14.7. The summed E-state index contributed by atoms with van der Waals surface area (Å²) in [6.45, 7) is -5.26. The molecule has 0 aliphatic carbocycles. The zero-order valence-electron chi connectivity index (χ0n) is 23.6. The smallest absolute Gasteiger partial charge is 0.748 e. The average Bonchev–Trinajstić information content (AvgIpc) is 2.80. The first-order valence-corrected chi connectivity index (χ1v) is 14.5. The van der Waals surface area contributed by atoms with E-state index in [-0.39, 0.29) is 40.6 Å². The van der Waals surface area contributed by atoms with Crippen LogP contribution < -0.4 is 29.6 Å². The summed E-state index contributed by atoms with van der Waals surface area (Å²) in [5.74, 6) is -54.9. The predicted octanol–water partition coefficient (Wildman–Crippen LogP) is -0.0460. The van der Waals surface area contributed by atoms with E-state index in [1.165, 1.54) is 14.1 Å². The van der Waals surface area contributed by atoms with Gasteiger partial charge in [0.15, 0.2) is 0 Å². The topological polar surface area (TPSA) is 135 Å². The van der Waals surface area contributed by atoms with Gasteiger partial charge in [-0.2, -0.15) is 78.9 Å². The molecule has 0 aliphatic heterocycles. The maximum Gasteiger partial charge on any atom is 1.00 e. The number of aliphatic hydroxyl groups is 2. The number of alkyl halides is 17. The molecule has 0 spiro atoms. The number of hydrogen-bond donors (Lipinski definition) is 2. The van der Waals surface area contributed by atoms with E-state index in [4.69, 9.17) is 5.11 Å². The summed E-state index contributed by atoms with van der Waals surface area (Å²) in [7, 11) is -11.0. The number of nitrogens with zero attached hydrogens (tertiary/aromatic N) is 2. The summed E-state index contributed by atoms with van der Waals surface area (Å²) < 4.78 is 287. The molecule has 0 saturated heterocycles. The Morgan fingerprint density at radius 1 is 0.681 bits per heavy atom. The molecule has 2 N–H and O–H groups in total. The van der Waals surface area contributed by atoms with Crippen LogP contribution in [0.3, 0.4) is 0 Å². The van der Waals surface area contributed by atoms with Crippen LogP contribution >= 0.6 is 0 Å². The average molecular weight is 789 g/mol. The molecule has 0 aliphatic rings. The van der Waals surface area contributed by atoms with E-state index < -0.39 is 116 Å². The fraction of sp³-hybridized carbons (Fsp3) is 1.00. The van der Waals surface area contributed by atoms with Crippen molar-refractivity contribution in [1.29, 1.82) is 0 Å². The van der Waals surface area contributed by atoms with Crippen molar-refractivity contribution < 1.29 is 140 Å². The molecule has 9 nitrogen and oxygen atoms in total. The Hall–Kier alpha value is -0.490. The molecule has 278 valence electrons. The Morgan fingerprint density at radius 3 is 1.38 bits per heavy atom. The van der Waals surface area contributed by atoms with Gasteiger partial charge in [0.2, 0.25) is 0 Å². The molecule has 0 aromatic carbocycles. The fourth-order valence-corrected chi connectivity index (χ4v) is 5.46. The minimum absolute atomic E-state index is 0. The zero-order valence-corrected chi connectivity index (χ0v) is 27.2. The normalized spacial score (nSPS) is 16.3. The van der Waals surface area contributed by atoms with Crippen LogP contribution in [0.2, 0.25) is 0 Å². The first kappa shape index (κ1) is 48.6. The molecule has 0 aromatic heterocycles. The van der Waals surface area contributed by atoms with E-state index in [9.17, 15) is 101 Å². The number of hydrogen-bond acceptors (Lipinski definition) is 7. The van der Waals surface area contributed by atoms with Crippen molar-refractivity contribution in [2.75, 3.05) is 52.6 Å². The van der Waals surface area contributed by atoms with Gasteiger partial charge in [-0.15, -0.1) is 0 Å². The Bertz CT molecular complexity index is 1280. The van der Waals surface area contributed by atoms with Crippen molar-refractivity contribution in [3.8, 4) is 0 Å². The standard InChI is InChI=1S/C18H23F17N2O7S2.Na/c1-37(2,6-7-38)5-3-4-36(8-10(39)9-45(40,41)42)46(43,44)18(34,35)16(29,30)14(25,26)12(21,22)11(19,20)13(23,24)15(27,28)17(31,32)33;/h10,38-39H,3-9H2,1-2H3;/q;+1. The number of halogens is 17.